The first kappa shape index (κ1) is 11.2. The fourth-order valence-corrected chi connectivity index (χ4v) is 1.29. The lowest BCUT2D eigenvalue weighted by atomic mass is 10.1. The first-order valence-corrected chi connectivity index (χ1v) is 4.78. The molecule has 0 spiro atoms. The summed E-state index contributed by atoms with van der Waals surface area (Å²) in [6.45, 7) is 5.78. The smallest absolute Gasteiger partial charge is 0.0949 e. The van der Waals surface area contributed by atoms with E-state index in [0.717, 1.165) is 13.1 Å². The number of hydrogen-bond acceptors (Lipinski definition) is 3. The maximum Gasteiger partial charge on any atom is 0.0949 e. The number of methoxy groups -OCH3 is 1. The quantitative estimate of drug-likeness (QED) is 0.766. The molecule has 0 fully saturated rings. The van der Waals surface area contributed by atoms with Crippen molar-refractivity contribution >= 4 is 0 Å². The normalized spacial score (nSPS) is 12.0. The molecule has 0 bridgehead atoms. The Morgan fingerprint density at radius 3 is 2.86 bits per heavy atom. The summed E-state index contributed by atoms with van der Waals surface area (Å²) in [4.78, 5) is 4.13. The molecule has 0 saturated heterocycles. The molecule has 1 aromatic heterocycles. The van der Waals surface area contributed by atoms with E-state index in [0.29, 0.717) is 0 Å². The first-order valence-electron chi connectivity index (χ1n) is 4.78. The molecule has 0 radical (unpaired) electrons. The van der Waals surface area contributed by atoms with E-state index >= 15 is 0 Å². The van der Waals surface area contributed by atoms with Crippen LogP contribution in [0.1, 0.15) is 19.5 Å². The van der Waals surface area contributed by atoms with Gasteiger partial charge in [0.1, 0.15) is 0 Å². The van der Waals surface area contributed by atoms with E-state index in [4.69, 9.17) is 4.74 Å². The maximum absolute atomic E-state index is 5.38. The summed E-state index contributed by atoms with van der Waals surface area (Å²) in [6.07, 6.45) is 3.72. The van der Waals surface area contributed by atoms with Crippen molar-refractivity contribution in [3.05, 3.63) is 18.2 Å². The van der Waals surface area contributed by atoms with Crippen molar-refractivity contribution in [1.29, 1.82) is 0 Å². The van der Waals surface area contributed by atoms with Crippen molar-refractivity contribution in [2.45, 2.75) is 32.5 Å². The van der Waals surface area contributed by atoms with Crippen molar-refractivity contribution in [2.24, 2.45) is 0 Å². The molecular formula is C10H19N3O. The fraction of sp³-hybridized carbons (Fsp3) is 0.700. The van der Waals surface area contributed by atoms with Gasteiger partial charge in [-0.3, -0.25) is 0 Å². The van der Waals surface area contributed by atoms with Crippen LogP contribution in [0.5, 0.6) is 0 Å². The van der Waals surface area contributed by atoms with E-state index < -0.39 is 0 Å². The lowest BCUT2D eigenvalue weighted by molar-refractivity contribution is 0.00754. The second kappa shape index (κ2) is 4.57. The summed E-state index contributed by atoms with van der Waals surface area (Å²) in [5.41, 5.74) is 1.03. The zero-order valence-corrected chi connectivity index (χ0v) is 9.37. The highest BCUT2D eigenvalue weighted by molar-refractivity contribution is 4.98. The van der Waals surface area contributed by atoms with E-state index in [2.05, 4.69) is 28.7 Å². The summed E-state index contributed by atoms with van der Waals surface area (Å²) < 4.78 is 7.49. The largest absolute Gasteiger partial charge is 0.377 e. The molecule has 0 aliphatic heterocycles. The third-order valence-corrected chi connectivity index (χ3v) is 2.26. The average Bonchev–Trinajstić information content (AvgIpc) is 2.53. The molecule has 0 saturated carbocycles. The van der Waals surface area contributed by atoms with Gasteiger partial charge in [-0.25, -0.2) is 4.98 Å². The molecule has 1 N–H and O–H groups in total. The number of aromatic nitrogens is 2. The predicted octanol–water partition coefficient (Wildman–Crippen LogP) is 1.03. The SMILES string of the molecule is CNCc1cncn1CC(C)(C)OC. The van der Waals surface area contributed by atoms with Crippen LogP contribution in [0.25, 0.3) is 0 Å². The molecule has 4 heteroatoms. The van der Waals surface area contributed by atoms with Crippen LogP contribution in [-0.4, -0.2) is 29.3 Å². The third kappa shape index (κ3) is 2.82. The number of nitrogens with zero attached hydrogens (tertiary/aromatic N) is 2. The van der Waals surface area contributed by atoms with Crippen molar-refractivity contribution < 1.29 is 4.74 Å². The van der Waals surface area contributed by atoms with Crippen LogP contribution in [-0.2, 0) is 17.8 Å². The van der Waals surface area contributed by atoms with Crippen LogP contribution in [0.2, 0.25) is 0 Å². The van der Waals surface area contributed by atoms with E-state index in [-0.39, 0.29) is 5.60 Å². The van der Waals surface area contributed by atoms with Gasteiger partial charge in [-0.2, -0.15) is 0 Å². The van der Waals surface area contributed by atoms with Crippen LogP contribution in [0.3, 0.4) is 0 Å². The molecule has 14 heavy (non-hydrogen) atoms. The van der Waals surface area contributed by atoms with Gasteiger partial charge in [0.15, 0.2) is 0 Å². The van der Waals surface area contributed by atoms with Crippen molar-refractivity contribution in [2.75, 3.05) is 14.2 Å². The summed E-state index contributed by atoms with van der Waals surface area (Å²) in [5, 5.41) is 3.11. The lowest BCUT2D eigenvalue weighted by Crippen LogP contribution is -2.30. The van der Waals surface area contributed by atoms with Gasteiger partial charge in [-0.15, -0.1) is 0 Å². The Hall–Kier alpha value is -0.870. The van der Waals surface area contributed by atoms with Crippen LogP contribution >= 0.6 is 0 Å². The molecule has 0 aliphatic carbocycles. The average molecular weight is 197 g/mol. The Morgan fingerprint density at radius 1 is 1.57 bits per heavy atom. The Balaban J connectivity index is 2.70. The molecule has 1 aromatic rings. The molecule has 1 rings (SSSR count). The Morgan fingerprint density at radius 2 is 2.29 bits per heavy atom. The van der Waals surface area contributed by atoms with Crippen molar-refractivity contribution in [3.63, 3.8) is 0 Å². The number of imidazole rings is 1. The van der Waals surface area contributed by atoms with Crippen LogP contribution in [0, 0.1) is 0 Å². The maximum atomic E-state index is 5.38. The van der Waals surface area contributed by atoms with E-state index in [1.54, 1.807) is 7.11 Å². The van der Waals surface area contributed by atoms with Gasteiger partial charge >= 0.3 is 0 Å². The Labute approximate surface area is 85.3 Å². The third-order valence-electron chi connectivity index (χ3n) is 2.26. The van der Waals surface area contributed by atoms with Crippen molar-refractivity contribution in [1.82, 2.24) is 14.9 Å². The summed E-state index contributed by atoms with van der Waals surface area (Å²) in [5.74, 6) is 0. The molecule has 80 valence electrons. The van der Waals surface area contributed by atoms with Gasteiger partial charge in [-0.1, -0.05) is 0 Å². The molecule has 4 nitrogen and oxygen atoms in total. The summed E-state index contributed by atoms with van der Waals surface area (Å²) in [7, 11) is 3.66. The molecule has 1 heterocycles. The van der Waals surface area contributed by atoms with Gasteiger partial charge in [0, 0.05) is 19.9 Å². The van der Waals surface area contributed by atoms with E-state index in [9.17, 15) is 0 Å². The standard InChI is InChI=1S/C10H19N3O/c1-10(2,14-4)7-13-8-12-6-9(13)5-11-3/h6,8,11H,5,7H2,1-4H3. The first-order chi connectivity index (χ1) is 6.59. The lowest BCUT2D eigenvalue weighted by Gasteiger charge is -2.24. The molecular weight excluding hydrogens is 178 g/mol. The molecule has 0 aromatic carbocycles. The van der Waals surface area contributed by atoms with Gasteiger partial charge < -0.3 is 14.6 Å². The minimum Gasteiger partial charge on any atom is -0.377 e. The zero-order valence-electron chi connectivity index (χ0n) is 9.37. The second-order valence-electron chi connectivity index (χ2n) is 4.01. The number of hydrogen-bond donors (Lipinski definition) is 1. The minimum absolute atomic E-state index is 0.150. The number of rotatable bonds is 5. The van der Waals surface area contributed by atoms with Crippen molar-refractivity contribution in [3.8, 4) is 0 Å². The minimum atomic E-state index is -0.150. The van der Waals surface area contributed by atoms with Crippen LogP contribution < -0.4 is 5.32 Å². The Kier molecular flexibility index (Phi) is 3.66. The summed E-state index contributed by atoms with van der Waals surface area (Å²) >= 11 is 0. The Bertz CT molecular complexity index is 281. The van der Waals surface area contributed by atoms with E-state index in [1.807, 2.05) is 19.6 Å². The topological polar surface area (TPSA) is 39.1 Å². The molecule has 0 atom stereocenters. The monoisotopic (exact) mass is 197 g/mol. The molecule has 0 aliphatic rings. The fourth-order valence-electron chi connectivity index (χ4n) is 1.29. The van der Waals surface area contributed by atoms with Gasteiger partial charge in [0.05, 0.1) is 24.2 Å². The van der Waals surface area contributed by atoms with Gasteiger partial charge in [0.2, 0.25) is 0 Å². The van der Waals surface area contributed by atoms with Crippen LogP contribution in [0.15, 0.2) is 12.5 Å². The van der Waals surface area contributed by atoms with E-state index in [1.165, 1.54) is 5.69 Å². The number of nitrogens with one attached hydrogen (secondary N) is 1. The molecule has 0 amide bonds. The van der Waals surface area contributed by atoms with Gasteiger partial charge in [-0.05, 0) is 20.9 Å². The van der Waals surface area contributed by atoms with Gasteiger partial charge in [0.25, 0.3) is 0 Å². The zero-order chi connectivity index (χ0) is 10.6. The molecule has 0 unspecified atom stereocenters. The summed E-state index contributed by atoms with van der Waals surface area (Å²) in [6, 6.07) is 0. The highest BCUT2D eigenvalue weighted by atomic mass is 16.5. The second-order valence-corrected chi connectivity index (χ2v) is 4.01. The number of ether oxygens (including phenoxy) is 1. The highest BCUT2D eigenvalue weighted by Crippen LogP contribution is 2.12. The predicted molar refractivity (Wildman–Crippen MR) is 56.1 cm³/mol. The van der Waals surface area contributed by atoms with Crippen LogP contribution in [0.4, 0.5) is 0 Å². The highest BCUT2D eigenvalue weighted by Gasteiger charge is 2.18.